The Morgan fingerprint density at radius 1 is 1.30 bits per heavy atom. The van der Waals surface area contributed by atoms with Crippen LogP contribution in [0.3, 0.4) is 0 Å². The van der Waals surface area contributed by atoms with E-state index in [1.54, 1.807) is 6.07 Å². The number of piperidine rings is 1. The van der Waals surface area contributed by atoms with Crippen LogP contribution < -0.4 is 11.1 Å². The zero-order valence-electron chi connectivity index (χ0n) is 14.7. The summed E-state index contributed by atoms with van der Waals surface area (Å²) >= 11 is 12.4. The second kappa shape index (κ2) is 9.21. The molecule has 1 aromatic heterocycles. The van der Waals surface area contributed by atoms with E-state index in [1.807, 2.05) is 18.2 Å². The Balaban J connectivity index is 1.66. The quantitative estimate of drug-likeness (QED) is 0.535. The van der Waals surface area contributed by atoms with Crippen LogP contribution in [-0.4, -0.2) is 53.6 Å². The van der Waals surface area contributed by atoms with Gasteiger partial charge in [-0.25, -0.2) is 4.98 Å². The van der Waals surface area contributed by atoms with Gasteiger partial charge in [-0.1, -0.05) is 35.3 Å². The van der Waals surface area contributed by atoms with E-state index in [0.717, 1.165) is 32.5 Å². The third kappa shape index (κ3) is 5.22. The number of aromatic nitrogens is 2. The van der Waals surface area contributed by atoms with Crippen molar-refractivity contribution in [2.75, 3.05) is 37.3 Å². The van der Waals surface area contributed by atoms with Gasteiger partial charge in [0.2, 0.25) is 5.95 Å². The van der Waals surface area contributed by atoms with Gasteiger partial charge in [0, 0.05) is 37.3 Å². The van der Waals surface area contributed by atoms with Crippen LogP contribution in [0.25, 0.3) is 11.3 Å². The van der Waals surface area contributed by atoms with Crippen molar-refractivity contribution >= 4 is 41.4 Å². The van der Waals surface area contributed by atoms with Gasteiger partial charge in [-0.05, 0) is 18.9 Å². The SMILES string of the molecule is Nc1nc(NC2CCN(CCOC=O)CC2)cc(-c2cccc(Cl)c2Cl)n1. The number of nitrogens with one attached hydrogen (secondary N) is 1. The lowest BCUT2D eigenvalue weighted by Gasteiger charge is -2.32. The maximum Gasteiger partial charge on any atom is 0.293 e. The number of nitrogens with zero attached hydrogens (tertiary/aromatic N) is 3. The molecule has 1 aliphatic rings. The maximum atomic E-state index is 10.2. The van der Waals surface area contributed by atoms with Crippen molar-refractivity contribution in [2.24, 2.45) is 0 Å². The lowest BCUT2D eigenvalue weighted by molar-refractivity contribution is -0.129. The number of halogens is 2. The molecule has 3 rings (SSSR count). The minimum Gasteiger partial charge on any atom is -0.467 e. The number of likely N-dealkylation sites (tertiary alicyclic amines) is 1. The van der Waals surface area contributed by atoms with Crippen molar-refractivity contribution < 1.29 is 9.53 Å². The third-order valence-electron chi connectivity index (χ3n) is 4.50. The summed E-state index contributed by atoms with van der Waals surface area (Å²) in [5.74, 6) is 0.839. The van der Waals surface area contributed by atoms with Gasteiger partial charge in [0.1, 0.15) is 12.4 Å². The van der Waals surface area contributed by atoms with Crippen molar-refractivity contribution in [2.45, 2.75) is 18.9 Å². The molecule has 0 saturated carbocycles. The summed E-state index contributed by atoms with van der Waals surface area (Å²) in [6.07, 6.45) is 1.91. The summed E-state index contributed by atoms with van der Waals surface area (Å²) in [6, 6.07) is 7.51. The first-order valence-electron chi connectivity index (χ1n) is 8.70. The van der Waals surface area contributed by atoms with Gasteiger partial charge in [0.25, 0.3) is 6.47 Å². The highest BCUT2D eigenvalue weighted by atomic mass is 35.5. The van der Waals surface area contributed by atoms with Crippen LogP contribution in [0.2, 0.25) is 10.0 Å². The molecule has 0 radical (unpaired) electrons. The fourth-order valence-corrected chi connectivity index (χ4v) is 3.52. The first-order valence-corrected chi connectivity index (χ1v) is 9.45. The van der Waals surface area contributed by atoms with Gasteiger partial charge < -0.3 is 15.8 Å². The minimum atomic E-state index is 0.175. The molecule has 1 aliphatic heterocycles. The first kappa shape index (κ1) is 19.7. The Morgan fingerprint density at radius 2 is 2.07 bits per heavy atom. The fraction of sp³-hybridized carbons (Fsp3) is 0.389. The molecule has 144 valence electrons. The number of carbonyl (C=O) groups is 1. The monoisotopic (exact) mass is 409 g/mol. The molecule has 0 unspecified atom stereocenters. The van der Waals surface area contributed by atoms with E-state index in [4.69, 9.17) is 33.7 Å². The van der Waals surface area contributed by atoms with E-state index in [0.29, 0.717) is 40.2 Å². The number of hydrogen-bond acceptors (Lipinski definition) is 7. The van der Waals surface area contributed by atoms with Gasteiger partial charge in [0.05, 0.1) is 15.7 Å². The Morgan fingerprint density at radius 3 is 2.81 bits per heavy atom. The smallest absolute Gasteiger partial charge is 0.293 e. The molecular formula is C18H21Cl2N5O2. The molecule has 1 saturated heterocycles. The van der Waals surface area contributed by atoms with E-state index in [2.05, 4.69) is 20.2 Å². The molecule has 2 aromatic rings. The van der Waals surface area contributed by atoms with E-state index < -0.39 is 0 Å². The number of carbonyl (C=O) groups excluding carboxylic acids is 1. The lowest BCUT2D eigenvalue weighted by Crippen LogP contribution is -2.40. The van der Waals surface area contributed by atoms with Crippen LogP contribution in [0.4, 0.5) is 11.8 Å². The standard InChI is InChI=1S/C18H21Cl2N5O2/c19-14-3-1-2-13(17(14)20)15-10-16(24-18(21)23-15)22-12-4-6-25(7-5-12)8-9-27-11-26/h1-3,10-12H,4-9H2,(H3,21,22,23,24). The summed E-state index contributed by atoms with van der Waals surface area (Å²) in [6.45, 7) is 3.51. The predicted octanol–water partition coefficient (Wildman–Crippen LogP) is 3.08. The molecule has 27 heavy (non-hydrogen) atoms. The fourth-order valence-electron chi connectivity index (χ4n) is 3.12. The molecule has 9 heteroatoms. The second-order valence-corrected chi connectivity index (χ2v) is 7.11. The van der Waals surface area contributed by atoms with E-state index in [9.17, 15) is 4.79 Å². The van der Waals surface area contributed by atoms with Gasteiger partial charge in [-0.3, -0.25) is 9.69 Å². The molecule has 0 spiro atoms. The highest BCUT2D eigenvalue weighted by Crippen LogP contribution is 2.33. The summed E-state index contributed by atoms with van der Waals surface area (Å²) in [5.41, 5.74) is 7.23. The summed E-state index contributed by atoms with van der Waals surface area (Å²) in [4.78, 5) is 21.1. The van der Waals surface area contributed by atoms with E-state index in [-0.39, 0.29) is 12.0 Å². The molecule has 0 aliphatic carbocycles. The van der Waals surface area contributed by atoms with Crippen LogP contribution in [0.5, 0.6) is 0 Å². The van der Waals surface area contributed by atoms with E-state index >= 15 is 0 Å². The van der Waals surface area contributed by atoms with Crippen molar-refractivity contribution in [1.29, 1.82) is 0 Å². The van der Waals surface area contributed by atoms with Gasteiger partial charge >= 0.3 is 0 Å². The van der Waals surface area contributed by atoms with Crippen LogP contribution in [0.1, 0.15) is 12.8 Å². The van der Waals surface area contributed by atoms with Gasteiger partial charge in [0.15, 0.2) is 0 Å². The van der Waals surface area contributed by atoms with Gasteiger partial charge in [-0.15, -0.1) is 0 Å². The molecule has 0 atom stereocenters. The Bertz CT molecular complexity index is 797. The molecule has 3 N–H and O–H groups in total. The highest BCUT2D eigenvalue weighted by Gasteiger charge is 2.20. The number of anilines is 2. The number of hydrogen-bond donors (Lipinski definition) is 2. The van der Waals surface area contributed by atoms with Crippen LogP contribution >= 0.6 is 23.2 Å². The van der Waals surface area contributed by atoms with Crippen molar-refractivity contribution in [3.05, 3.63) is 34.3 Å². The summed E-state index contributed by atoms with van der Waals surface area (Å²) < 4.78 is 4.76. The second-order valence-electron chi connectivity index (χ2n) is 6.33. The number of nitrogen functional groups attached to an aromatic ring is 1. The normalized spacial score (nSPS) is 15.5. The van der Waals surface area contributed by atoms with Gasteiger partial charge in [-0.2, -0.15) is 4.98 Å². The average Bonchev–Trinajstić information content (AvgIpc) is 2.65. The largest absolute Gasteiger partial charge is 0.467 e. The molecule has 1 aromatic carbocycles. The molecule has 0 bridgehead atoms. The Kier molecular flexibility index (Phi) is 6.71. The topological polar surface area (TPSA) is 93.4 Å². The number of rotatable bonds is 7. The van der Waals surface area contributed by atoms with Crippen molar-refractivity contribution in [3.8, 4) is 11.3 Å². The molecule has 0 amide bonds. The zero-order chi connectivity index (χ0) is 19.2. The third-order valence-corrected chi connectivity index (χ3v) is 5.32. The minimum absolute atomic E-state index is 0.175. The molecule has 1 fully saturated rings. The van der Waals surface area contributed by atoms with E-state index in [1.165, 1.54) is 0 Å². The van der Waals surface area contributed by atoms with Crippen LogP contribution in [-0.2, 0) is 9.53 Å². The first-order chi connectivity index (χ1) is 13.1. The lowest BCUT2D eigenvalue weighted by atomic mass is 10.0. The maximum absolute atomic E-state index is 10.2. The average molecular weight is 410 g/mol. The molecule has 2 heterocycles. The predicted molar refractivity (Wildman–Crippen MR) is 107 cm³/mol. The Labute approximate surface area is 167 Å². The highest BCUT2D eigenvalue weighted by molar-refractivity contribution is 6.43. The van der Waals surface area contributed by atoms with Crippen LogP contribution in [0, 0.1) is 0 Å². The molecular weight excluding hydrogens is 389 g/mol. The van der Waals surface area contributed by atoms with Crippen molar-refractivity contribution in [1.82, 2.24) is 14.9 Å². The Hall–Kier alpha value is -2.09. The number of nitrogens with two attached hydrogens (primary N) is 1. The number of ether oxygens (including phenoxy) is 1. The van der Waals surface area contributed by atoms with Crippen molar-refractivity contribution in [3.63, 3.8) is 0 Å². The summed E-state index contributed by atoms with van der Waals surface area (Å²) in [7, 11) is 0. The van der Waals surface area contributed by atoms with Crippen LogP contribution in [0.15, 0.2) is 24.3 Å². The summed E-state index contributed by atoms with van der Waals surface area (Å²) in [5, 5.41) is 4.34. The number of benzene rings is 1. The molecule has 7 nitrogen and oxygen atoms in total. The zero-order valence-corrected chi connectivity index (χ0v) is 16.2.